The molecular weight excluding hydrogens is 1190 g/mol. The summed E-state index contributed by atoms with van der Waals surface area (Å²) >= 11 is 0. The molecule has 3 aliphatic carbocycles. The number of fused-ring (bicyclic) bond motifs is 12. The van der Waals surface area contributed by atoms with Gasteiger partial charge in [0.1, 0.15) is 0 Å². The number of hydrogen-bond acceptors (Lipinski definition) is 12. The first kappa shape index (κ1) is 65.1. The van der Waals surface area contributed by atoms with Crippen molar-refractivity contribution < 1.29 is 14.4 Å². The number of aromatic nitrogens is 3. The van der Waals surface area contributed by atoms with Crippen molar-refractivity contribution in [3.05, 3.63) is 212 Å². The van der Waals surface area contributed by atoms with Crippen LogP contribution in [0.15, 0.2) is 127 Å². The van der Waals surface area contributed by atoms with Crippen molar-refractivity contribution in [2.24, 2.45) is 0 Å². The number of carbonyl (C=O) groups excluding carboxylic acids is 3. The predicted molar refractivity (Wildman–Crippen MR) is 392 cm³/mol. The Bertz CT molecular complexity index is 4100. The first-order chi connectivity index (χ1) is 46.1. The van der Waals surface area contributed by atoms with Crippen molar-refractivity contribution in [3.8, 4) is 33.4 Å². The Hall–Kier alpha value is -9.54. The lowest BCUT2D eigenvalue weighted by Crippen LogP contribution is -2.34. The van der Waals surface area contributed by atoms with E-state index >= 15 is 0 Å². The van der Waals surface area contributed by atoms with Gasteiger partial charge in [-0.2, -0.15) is 0 Å². The highest BCUT2D eigenvalue weighted by Gasteiger charge is 2.28. The number of nitrogens with one attached hydrogen (secondary N) is 6. The molecule has 3 amide bonds. The van der Waals surface area contributed by atoms with Crippen LogP contribution in [0.25, 0.3) is 33.4 Å². The molecule has 15 rings (SSSR count). The third-order valence-electron chi connectivity index (χ3n) is 20.3. The largest absolute Gasteiger partial charge is 0.354 e. The molecule has 0 bridgehead atoms. The van der Waals surface area contributed by atoms with Gasteiger partial charge in [0.25, 0.3) is 0 Å². The lowest BCUT2D eigenvalue weighted by molar-refractivity contribution is -0.116. The van der Waals surface area contributed by atoms with Crippen molar-refractivity contribution in [2.75, 3.05) is 74.2 Å². The van der Waals surface area contributed by atoms with Crippen LogP contribution in [-0.2, 0) is 72.2 Å². The summed E-state index contributed by atoms with van der Waals surface area (Å²) in [7, 11) is 12.9. The first-order valence-electron chi connectivity index (χ1n) is 34.0. The molecule has 1 unspecified atom stereocenters. The quantitative estimate of drug-likeness (QED) is 0.0809. The zero-order valence-electron chi connectivity index (χ0n) is 57.7. The molecule has 0 radical (unpaired) electrons. The van der Waals surface area contributed by atoms with Crippen LogP contribution in [0.3, 0.4) is 0 Å². The van der Waals surface area contributed by atoms with Gasteiger partial charge in [-0.3, -0.25) is 29.3 Å². The predicted octanol–water partition coefficient (Wildman–Crippen LogP) is 15.1. The minimum absolute atomic E-state index is 0.0292. The Morgan fingerprint density at radius 3 is 0.896 bits per heavy atom. The van der Waals surface area contributed by atoms with Crippen molar-refractivity contribution in [3.63, 3.8) is 0 Å². The third-order valence-corrected chi connectivity index (χ3v) is 20.3. The van der Waals surface area contributed by atoms with Crippen LogP contribution in [0.4, 0.5) is 51.2 Å². The zero-order chi connectivity index (χ0) is 67.2. The van der Waals surface area contributed by atoms with E-state index in [9.17, 15) is 14.4 Å². The normalized spacial score (nSPS) is 17.2. The SMILES string of the molecule is Cc1ccc2c(c1)NC(=O)Cc1ccc(Nc3cc4c(nc3C)CCC(N(C)C)C4)cc1-2.Cc1ccc2c(c1)NC(=O)Cc1ccc(Nc3cc4c(nc3C)CC[C@@H](N(C)C)C4)cc1-2.Cc1ccc2c(c1)NC(=O)Cc1ccc(Nc3cc4c(nc3C)CC[C@H](N(C)C)C4)cc1-2. The molecule has 0 fully saturated rings. The van der Waals surface area contributed by atoms with Crippen molar-refractivity contribution in [2.45, 2.75) is 137 Å². The lowest BCUT2D eigenvalue weighted by atomic mass is 9.90. The smallest absolute Gasteiger partial charge is 0.228 e. The summed E-state index contributed by atoms with van der Waals surface area (Å²) in [5.74, 6) is 0.0875. The van der Waals surface area contributed by atoms with E-state index in [0.29, 0.717) is 37.4 Å². The number of aryl methyl sites for hydroxylation is 9. The van der Waals surface area contributed by atoms with Crippen molar-refractivity contribution in [1.29, 1.82) is 0 Å². The molecule has 0 saturated carbocycles. The average molecular weight is 1280 g/mol. The van der Waals surface area contributed by atoms with Gasteiger partial charge in [0.15, 0.2) is 0 Å². The summed E-state index contributed by atoms with van der Waals surface area (Å²) in [4.78, 5) is 59.0. The van der Waals surface area contributed by atoms with Crippen LogP contribution < -0.4 is 31.9 Å². The molecule has 15 heteroatoms. The Labute approximate surface area is 566 Å². The minimum atomic E-state index is 0.0292. The molecule has 6 heterocycles. The van der Waals surface area contributed by atoms with Crippen LogP contribution >= 0.6 is 0 Å². The van der Waals surface area contributed by atoms with Gasteiger partial charge in [0.05, 0.1) is 53.4 Å². The average Bonchev–Trinajstić information content (AvgIpc) is 1.67. The molecule has 3 aliphatic heterocycles. The van der Waals surface area contributed by atoms with E-state index in [2.05, 4.69) is 219 Å². The molecule has 96 heavy (non-hydrogen) atoms. The highest BCUT2D eigenvalue weighted by atomic mass is 16.2. The number of pyridine rings is 3. The van der Waals surface area contributed by atoms with Crippen LogP contribution in [0.5, 0.6) is 0 Å². The summed E-state index contributed by atoms with van der Waals surface area (Å²) in [6, 6.07) is 46.1. The number of anilines is 9. The maximum absolute atomic E-state index is 12.4. The lowest BCUT2D eigenvalue weighted by Gasteiger charge is -2.30. The molecule has 6 aromatic carbocycles. The molecule has 3 atom stereocenters. The zero-order valence-corrected chi connectivity index (χ0v) is 57.7. The maximum Gasteiger partial charge on any atom is 0.228 e. The van der Waals surface area contributed by atoms with Gasteiger partial charge in [0.2, 0.25) is 17.7 Å². The van der Waals surface area contributed by atoms with Crippen LogP contribution in [0, 0.1) is 41.5 Å². The second kappa shape index (κ2) is 27.3. The Morgan fingerprint density at radius 2 is 0.625 bits per heavy atom. The summed E-state index contributed by atoms with van der Waals surface area (Å²) in [6.45, 7) is 12.4. The van der Waals surface area contributed by atoms with Gasteiger partial charge < -0.3 is 46.6 Å². The number of amides is 3. The molecule has 6 aliphatic rings. The third kappa shape index (κ3) is 14.2. The molecule has 0 spiro atoms. The van der Waals surface area contributed by atoms with E-state index in [1.807, 2.05) is 39.0 Å². The van der Waals surface area contributed by atoms with E-state index < -0.39 is 0 Å². The highest BCUT2D eigenvalue weighted by Crippen LogP contribution is 2.42. The van der Waals surface area contributed by atoms with Gasteiger partial charge in [0, 0.05) is 86.0 Å². The standard InChI is InChI=1S/3C27H30N4O/c3*1-16-5-9-22-23-15-20(7-6-18(23)14-27(32)30-26(22)11-16)29-25-13-19-12-21(31(3)4)8-10-24(19)28-17(25)2/h3*5-7,9,11,13,15,21,29H,8,10,12,14H2,1-4H3,(H,30,32)/t2*21-;/m10./s1. The molecule has 492 valence electrons. The fourth-order valence-corrected chi connectivity index (χ4v) is 14.7. The monoisotopic (exact) mass is 1280 g/mol. The maximum atomic E-state index is 12.4. The van der Waals surface area contributed by atoms with Crippen LogP contribution in [-0.4, -0.2) is 108 Å². The second-order valence-electron chi connectivity index (χ2n) is 28.1. The number of likely N-dealkylation sites (N-methyl/N-ethyl adjacent to an activating group) is 3. The number of hydrogen-bond donors (Lipinski definition) is 6. The molecule has 15 nitrogen and oxygen atoms in total. The minimum Gasteiger partial charge on any atom is -0.354 e. The van der Waals surface area contributed by atoms with E-state index in [-0.39, 0.29) is 17.7 Å². The summed E-state index contributed by atoms with van der Waals surface area (Å²) in [5, 5.41) is 20.0. The van der Waals surface area contributed by atoms with Gasteiger partial charge in [-0.25, -0.2) is 0 Å². The second-order valence-corrected chi connectivity index (χ2v) is 28.1. The van der Waals surface area contributed by atoms with E-state index in [1.54, 1.807) is 0 Å². The van der Waals surface area contributed by atoms with Crippen LogP contribution in [0.1, 0.15) is 103 Å². The molecule has 3 aromatic heterocycles. The molecule has 6 N–H and O–H groups in total. The summed E-state index contributed by atoms with van der Waals surface area (Å²) < 4.78 is 0. The fraction of sp³-hybridized carbons (Fsp3) is 0.333. The Balaban J connectivity index is 0.000000130. The Morgan fingerprint density at radius 1 is 0.344 bits per heavy atom. The topological polar surface area (TPSA) is 172 Å². The number of carbonyl (C=O) groups is 3. The van der Waals surface area contributed by atoms with Crippen LogP contribution in [0.2, 0.25) is 0 Å². The molecular formula is C81H90N12O3. The first-order valence-corrected chi connectivity index (χ1v) is 34.0. The highest BCUT2D eigenvalue weighted by molar-refractivity contribution is 6.03. The summed E-state index contributed by atoms with van der Waals surface area (Å²) in [6.07, 6.45) is 10.9. The van der Waals surface area contributed by atoms with E-state index in [1.165, 1.54) is 33.8 Å². The van der Waals surface area contributed by atoms with Gasteiger partial charge in [-0.15, -0.1) is 0 Å². The summed E-state index contributed by atoms with van der Waals surface area (Å²) in [5.41, 5.74) is 32.7. The van der Waals surface area contributed by atoms with Crippen molar-refractivity contribution in [1.82, 2.24) is 29.7 Å². The molecule has 0 saturated heterocycles. The van der Waals surface area contributed by atoms with Gasteiger partial charge >= 0.3 is 0 Å². The number of benzene rings is 6. The number of nitrogens with zero attached hydrogens (tertiary/aromatic N) is 6. The van der Waals surface area contributed by atoms with Gasteiger partial charge in [-0.1, -0.05) is 54.6 Å². The van der Waals surface area contributed by atoms with Gasteiger partial charge in [-0.05, 0) is 281 Å². The fourth-order valence-electron chi connectivity index (χ4n) is 14.7. The van der Waals surface area contributed by atoms with Crippen molar-refractivity contribution >= 4 is 68.9 Å². The number of rotatable bonds is 9. The molecule has 9 aromatic rings. The Kier molecular flexibility index (Phi) is 18.5. The van der Waals surface area contributed by atoms with E-state index in [4.69, 9.17) is 15.0 Å². The van der Waals surface area contributed by atoms with E-state index in [0.717, 1.165) is 193 Å².